The lowest BCUT2D eigenvalue weighted by molar-refractivity contribution is 0.103. The van der Waals surface area contributed by atoms with E-state index in [0.29, 0.717) is 15.5 Å². The van der Waals surface area contributed by atoms with Gasteiger partial charge >= 0.3 is 5.69 Å². The summed E-state index contributed by atoms with van der Waals surface area (Å²) < 4.78 is 27.7. The van der Waals surface area contributed by atoms with Gasteiger partial charge in [0.05, 0.1) is 16.6 Å². The Labute approximate surface area is 124 Å². The van der Waals surface area contributed by atoms with Gasteiger partial charge in [0.15, 0.2) is 5.78 Å². The molecule has 0 atom stereocenters. The number of imidazole rings is 1. The lowest BCUT2D eigenvalue weighted by Crippen LogP contribution is -2.08. The maximum absolute atomic E-state index is 13.7. The molecule has 21 heavy (non-hydrogen) atoms. The Hall–Kier alpha value is -2.28. The lowest BCUT2D eigenvalue weighted by Gasteiger charge is -2.06. The predicted octanol–water partition coefficient (Wildman–Crippen LogP) is 3.13. The highest BCUT2D eigenvalue weighted by Crippen LogP contribution is 2.26. The molecule has 0 fully saturated rings. The highest BCUT2D eigenvalue weighted by atomic mass is 79.9. The molecule has 106 valence electrons. The van der Waals surface area contributed by atoms with Crippen LogP contribution >= 0.6 is 15.9 Å². The van der Waals surface area contributed by atoms with Crippen LogP contribution in [-0.4, -0.2) is 15.8 Å². The van der Waals surface area contributed by atoms with Crippen molar-refractivity contribution in [3.63, 3.8) is 0 Å². The van der Waals surface area contributed by atoms with Crippen LogP contribution in [0.5, 0.6) is 0 Å². The summed E-state index contributed by atoms with van der Waals surface area (Å²) in [6.45, 7) is 0. The van der Waals surface area contributed by atoms with Gasteiger partial charge in [0.2, 0.25) is 0 Å². The van der Waals surface area contributed by atoms with Crippen molar-refractivity contribution in [2.75, 3.05) is 0 Å². The van der Waals surface area contributed by atoms with Crippen molar-refractivity contribution in [3.8, 4) is 0 Å². The summed E-state index contributed by atoms with van der Waals surface area (Å²) in [5.41, 5.74) is -0.142. The van der Waals surface area contributed by atoms with Gasteiger partial charge in [0.1, 0.15) is 11.6 Å². The molecule has 0 aliphatic heterocycles. The monoisotopic (exact) mass is 352 g/mol. The Kier molecular flexibility index (Phi) is 3.21. The number of halogens is 3. The number of hydrogen-bond donors (Lipinski definition) is 2. The van der Waals surface area contributed by atoms with Crippen LogP contribution in [0.3, 0.4) is 0 Å². The zero-order valence-corrected chi connectivity index (χ0v) is 11.9. The van der Waals surface area contributed by atoms with Crippen LogP contribution in [0.25, 0.3) is 11.0 Å². The number of ketones is 1. The molecule has 0 aliphatic carbocycles. The van der Waals surface area contributed by atoms with E-state index >= 15 is 0 Å². The largest absolute Gasteiger partial charge is 0.323 e. The smallest absolute Gasteiger partial charge is 0.306 e. The van der Waals surface area contributed by atoms with E-state index < -0.39 is 28.7 Å². The average Bonchev–Trinajstić information content (AvgIpc) is 2.76. The SMILES string of the molecule is O=C(c1cc2[nH]c(=O)[nH]c2cc1Br)c1c(F)cccc1F. The third kappa shape index (κ3) is 2.29. The van der Waals surface area contributed by atoms with E-state index in [-0.39, 0.29) is 5.56 Å². The molecule has 0 saturated carbocycles. The molecule has 0 aliphatic rings. The maximum Gasteiger partial charge on any atom is 0.323 e. The minimum Gasteiger partial charge on any atom is -0.306 e. The topological polar surface area (TPSA) is 65.7 Å². The molecule has 0 spiro atoms. The Balaban J connectivity index is 2.22. The van der Waals surface area contributed by atoms with Gasteiger partial charge in [-0.1, -0.05) is 6.07 Å². The summed E-state index contributed by atoms with van der Waals surface area (Å²) in [4.78, 5) is 28.6. The number of nitrogens with one attached hydrogen (secondary N) is 2. The van der Waals surface area contributed by atoms with Crippen molar-refractivity contribution >= 4 is 32.7 Å². The van der Waals surface area contributed by atoms with E-state index in [2.05, 4.69) is 25.9 Å². The molecule has 1 heterocycles. The van der Waals surface area contributed by atoms with Crippen LogP contribution in [-0.2, 0) is 0 Å². The number of H-pyrrole nitrogens is 2. The fourth-order valence-electron chi connectivity index (χ4n) is 2.08. The third-order valence-corrected chi connectivity index (χ3v) is 3.69. The number of carbonyl (C=O) groups is 1. The van der Waals surface area contributed by atoms with Crippen LogP contribution in [0.4, 0.5) is 8.78 Å². The van der Waals surface area contributed by atoms with E-state index in [4.69, 9.17) is 0 Å². The second kappa shape index (κ2) is 4.92. The number of aromatic nitrogens is 2. The van der Waals surface area contributed by atoms with Crippen LogP contribution in [0.15, 0.2) is 39.6 Å². The molecule has 0 saturated heterocycles. The van der Waals surface area contributed by atoms with Crippen molar-refractivity contribution in [2.24, 2.45) is 0 Å². The summed E-state index contributed by atoms with van der Waals surface area (Å²) in [5.74, 6) is -2.68. The number of aromatic amines is 2. The maximum atomic E-state index is 13.7. The van der Waals surface area contributed by atoms with Crippen molar-refractivity contribution < 1.29 is 13.6 Å². The predicted molar refractivity (Wildman–Crippen MR) is 76.4 cm³/mol. The number of hydrogen-bond acceptors (Lipinski definition) is 2. The molecule has 7 heteroatoms. The number of carbonyl (C=O) groups excluding carboxylic acids is 1. The van der Waals surface area contributed by atoms with Gasteiger partial charge in [-0.25, -0.2) is 13.6 Å². The first-order valence-corrected chi connectivity index (χ1v) is 6.67. The molecule has 1 aromatic heterocycles. The molecule has 2 N–H and O–H groups in total. The molecule has 0 bridgehead atoms. The molecule has 3 aromatic rings. The van der Waals surface area contributed by atoms with Crippen LogP contribution in [0.1, 0.15) is 15.9 Å². The lowest BCUT2D eigenvalue weighted by atomic mass is 10.0. The van der Waals surface area contributed by atoms with Crippen LogP contribution in [0.2, 0.25) is 0 Å². The molecule has 2 aromatic carbocycles. The Bertz CT molecular complexity index is 910. The zero-order chi connectivity index (χ0) is 15.1. The fourth-order valence-corrected chi connectivity index (χ4v) is 2.60. The molecule has 0 unspecified atom stereocenters. The van der Waals surface area contributed by atoms with Crippen molar-refractivity contribution in [1.82, 2.24) is 9.97 Å². The first-order chi connectivity index (χ1) is 9.97. The third-order valence-electron chi connectivity index (χ3n) is 3.04. The minimum absolute atomic E-state index is 0.0572. The second-order valence-corrected chi connectivity index (χ2v) is 5.24. The van der Waals surface area contributed by atoms with E-state index in [1.54, 1.807) is 0 Å². The summed E-state index contributed by atoms with van der Waals surface area (Å²) >= 11 is 3.17. The Morgan fingerprint density at radius 3 is 2.24 bits per heavy atom. The van der Waals surface area contributed by atoms with Gasteiger partial charge < -0.3 is 9.97 Å². The summed E-state index contributed by atoms with van der Waals surface area (Å²) in [7, 11) is 0. The first kappa shape index (κ1) is 13.7. The van der Waals surface area contributed by atoms with Crippen LogP contribution < -0.4 is 5.69 Å². The van der Waals surface area contributed by atoms with Gasteiger partial charge in [-0.2, -0.15) is 0 Å². The molecular weight excluding hydrogens is 346 g/mol. The molecule has 0 amide bonds. The number of rotatable bonds is 2. The van der Waals surface area contributed by atoms with Crippen LogP contribution in [0, 0.1) is 11.6 Å². The van der Waals surface area contributed by atoms with Gasteiger partial charge in [-0.3, -0.25) is 4.79 Å². The fraction of sp³-hybridized carbons (Fsp3) is 0. The summed E-state index contributed by atoms with van der Waals surface area (Å²) in [6.07, 6.45) is 0. The molecule has 0 radical (unpaired) electrons. The zero-order valence-electron chi connectivity index (χ0n) is 10.3. The summed E-state index contributed by atoms with van der Waals surface area (Å²) in [6, 6.07) is 6.08. The molecule has 4 nitrogen and oxygen atoms in total. The minimum atomic E-state index is -0.936. The van der Waals surface area contributed by atoms with Crippen molar-refractivity contribution in [1.29, 1.82) is 0 Å². The van der Waals surface area contributed by atoms with Gasteiger partial charge in [-0.15, -0.1) is 0 Å². The number of benzene rings is 2. The van der Waals surface area contributed by atoms with E-state index in [0.717, 1.165) is 12.1 Å². The Morgan fingerprint density at radius 2 is 1.62 bits per heavy atom. The molecular formula is C14H7BrF2N2O2. The normalized spacial score (nSPS) is 11.0. The number of fused-ring (bicyclic) bond motifs is 1. The van der Waals surface area contributed by atoms with E-state index in [1.807, 2.05) is 0 Å². The second-order valence-electron chi connectivity index (χ2n) is 4.38. The van der Waals surface area contributed by atoms with E-state index in [9.17, 15) is 18.4 Å². The first-order valence-electron chi connectivity index (χ1n) is 5.87. The van der Waals surface area contributed by atoms with E-state index in [1.165, 1.54) is 18.2 Å². The van der Waals surface area contributed by atoms with Gasteiger partial charge in [-0.05, 0) is 40.2 Å². The van der Waals surface area contributed by atoms with Crippen molar-refractivity contribution in [3.05, 3.63) is 68.1 Å². The van der Waals surface area contributed by atoms with Gasteiger partial charge in [0.25, 0.3) is 0 Å². The standard InChI is InChI=1S/C14H7BrF2N2O2/c15-7-5-11-10(18-14(21)19-11)4-6(7)13(20)12-8(16)2-1-3-9(12)17/h1-5H,(H2,18,19,21). The highest BCUT2D eigenvalue weighted by molar-refractivity contribution is 9.10. The van der Waals surface area contributed by atoms with Gasteiger partial charge in [0, 0.05) is 10.0 Å². The quantitative estimate of drug-likeness (QED) is 0.696. The Morgan fingerprint density at radius 1 is 1.05 bits per heavy atom. The molecule has 3 rings (SSSR count). The summed E-state index contributed by atoms with van der Waals surface area (Å²) in [5, 5.41) is 0. The highest BCUT2D eigenvalue weighted by Gasteiger charge is 2.21. The average molecular weight is 353 g/mol. The van der Waals surface area contributed by atoms with Crippen molar-refractivity contribution in [2.45, 2.75) is 0 Å².